The molecular weight excluding hydrogens is 236 g/mol. The summed E-state index contributed by atoms with van der Waals surface area (Å²) in [5, 5.41) is 0. The standard InChI is InChI=1S/C16H32N2O/c1-16(2,3)10-12-18(4)15(19)14-7-5-13(6-8-14)9-11-17/h13-14H,5-12,17H2,1-4H3. The van der Waals surface area contributed by atoms with Crippen LogP contribution >= 0.6 is 0 Å². The molecule has 1 fully saturated rings. The molecule has 2 N–H and O–H groups in total. The van der Waals surface area contributed by atoms with Gasteiger partial charge in [-0.3, -0.25) is 4.79 Å². The van der Waals surface area contributed by atoms with Crippen LogP contribution in [0.15, 0.2) is 0 Å². The Morgan fingerprint density at radius 1 is 1.21 bits per heavy atom. The maximum absolute atomic E-state index is 12.4. The Morgan fingerprint density at radius 2 is 1.79 bits per heavy atom. The fraction of sp³-hybridized carbons (Fsp3) is 0.938. The predicted octanol–water partition coefficient (Wildman–Crippen LogP) is 3.04. The molecule has 1 aliphatic rings. The van der Waals surface area contributed by atoms with Gasteiger partial charge in [0, 0.05) is 19.5 Å². The second-order valence-corrected chi connectivity index (χ2v) is 7.37. The zero-order valence-electron chi connectivity index (χ0n) is 13.2. The summed E-state index contributed by atoms with van der Waals surface area (Å²) in [6, 6.07) is 0. The van der Waals surface area contributed by atoms with Gasteiger partial charge in [-0.25, -0.2) is 0 Å². The summed E-state index contributed by atoms with van der Waals surface area (Å²) in [5.41, 5.74) is 5.91. The Labute approximate surface area is 118 Å². The number of carbonyl (C=O) groups is 1. The van der Waals surface area contributed by atoms with Gasteiger partial charge in [-0.15, -0.1) is 0 Å². The van der Waals surface area contributed by atoms with Gasteiger partial charge in [0.1, 0.15) is 0 Å². The van der Waals surface area contributed by atoms with E-state index in [1.165, 1.54) is 12.8 Å². The minimum absolute atomic E-state index is 0.263. The fourth-order valence-electron chi connectivity index (χ4n) is 2.86. The summed E-state index contributed by atoms with van der Waals surface area (Å²) in [6.07, 6.45) is 6.67. The molecule has 0 radical (unpaired) electrons. The molecule has 3 nitrogen and oxygen atoms in total. The molecule has 0 atom stereocenters. The Bertz CT molecular complexity index is 275. The number of amides is 1. The van der Waals surface area contributed by atoms with E-state index in [1.54, 1.807) is 0 Å². The number of rotatable bonds is 5. The second kappa shape index (κ2) is 7.28. The number of hydrogen-bond acceptors (Lipinski definition) is 2. The molecule has 0 heterocycles. The zero-order valence-corrected chi connectivity index (χ0v) is 13.2. The molecule has 0 aromatic carbocycles. The average molecular weight is 268 g/mol. The normalized spacial score (nSPS) is 24.3. The van der Waals surface area contributed by atoms with Crippen LogP contribution in [0, 0.1) is 17.3 Å². The number of carbonyl (C=O) groups excluding carboxylic acids is 1. The van der Waals surface area contributed by atoms with Crippen LogP contribution in [0.5, 0.6) is 0 Å². The van der Waals surface area contributed by atoms with Crippen LogP contribution in [0.2, 0.25) is 0 Å². The zero-order chi connectivity index (χ0) is 14.5. The molecular formula is C16H32N2O. The van der Waals surface area contributed by atoms with Crippen molar-refractivity contribution in [3.05, 3.63) is 0 Å². The van der Waals surface area contributed by atoms with Gasteiger partial charge in [0.25, 0.3) is 0 Å². The van der Waals surface area contributed by atoms with Crippen molar-refractivity contribution in [2.24, 2.45) is 23.0 Å². The lowest BCUT2D eigenvalue weighted by atomic mass is 9.80. The lowest BCUT2D eigenvalue weighted by Gasteiger charge is -2.31. The largest absolute Gasteiger partial charge is 0.346 e. The predicted molar refractivity (Wildman–Crippen MR) is 80.8 cm³/mol. The molecule has 0 aromatic rings. The summed E-state index contributed by atoms with van der Waals surface area (Å²) < 4.78 is 0. The molecule has 19 heavy (non-hydrogen) atoms. The first kappa shape index (κ1) is 16.5. The van der Waals surface area contributed by atoms with E-state index in [4.69, 9.17) is 5.73 Å². The van der Waals surface area contributed by atoms with E-state index in [-0.39, 0.29) is 5.92 Å². The summed E-state index contributed by atoms with van der Waals surface area (Å²) in [7, 11) is 1.96. The topological polar surface area (TPSA) is 46.3 Å². The second-order valence-electron chi connectivity index (χ2n) is 7.37. The van der Waals surface area contributed by atoms with Crippen molar-refractivity contribution in [3.63, 3.8) is 0 Å². The van der Waals surface area contributed by atoms with Gasteiger partial charge in [0.2, 0.25) is 5.91 Å². The third-order valence-corrected chi connectivity index (χ3v) is 4.34. The molecule has 0 aromatic heterocycles. The van der Waals surface area contributed by atoms with Gasteiger partial charge in [0.05, 0.1) is 0 Å². The Balaban J connectivity index is 2.34. The lowest BCUT2D eigenvalue weighted by molar-refractivity contribution is -0.135. The molecule has 112 valence electrons. The Hall–Kier alpha value is -0.570. The van der Waals surface area contributed by atoms with Crippen molar-refractivity contribution in [2.75, 3.05) is 20.1 Å². The molecule has 1 saturated carbocycles. The van der Waals surface area contributed by atoms with E-state index in [2.05, 4.69) is 20.8 Å². The summed E-state index contributed by atoms with van der Waals surface area (Å²) in [5.74, 6) is 1.38. The SMILES string of the molecule is CN(CCC(C)(C)C)C(=O)C1CCC(CCN)CC1. The van der Waals surface area contributed by atoms with Crippen molar-refractivity contribution >= 4 is 5.91 Å². The molecule has 0 spiro atoms. The van der Waals surface area contributed by atoms with Crippen LogP contribution in [0.3, 0.4) is 0 Å². The highest BCUT2D eigenvalue weighted by atomic mass is 16.2. The summed E-state index contributed by atoms with van der Waals surface area (Å²) >= 11 is 0. The van der Waals surface area contributed by atoms with Gasteiger partial charge in [-0.1, -0.05) is 20.8 Å². The minimum Gasteiger partial charge on any atom is -0.346 e. The van der Waals surface area contributed by atoms with E-state index in [1.807, 2.05) is 11.9 Å². The smallest absolute Gasteiger partial charge is 0.225 e. The third-order valence-electron chi connectivity index (χ3n) is 4.34. The van der Waals surface area contributed by atoms with Gasteiger partial charge in [-0.05, 0) is 56.4 Å². The molecule has 1 rings (SSSR count). The van der Waals surface area contributed by atoms with Crippen molar-refractivity contribution in [1.82, 2.24) is 4.90 Å². The van der Waals surface area contributed by atoms with Crippen molar-refractivity contribution in [2.45, 2.75) is 59.3 Å². The minimum atomic E-state index is 0.263. The summed E-state index contributed by atoms with van der Waals surface area (Å²) in [4.78, 5) is 14.3. The third kappa shape index (κ3) is 5.94. The molecule has 0 saturated heterocycles. The highest BCUT2D eigenvalue weighted by Crippen LogP contribution is 2.31. The van der Waals surface area contributed by atoms with E-state index >= 15 is 0 Å². The molecule has 1 amide bonds. The summed E-state index contributed by atoms with van der Waals surface area (Å²) in [6.45, 7) is 8.34. The number of nitrogens with two attached hydrogens (primary N) is 1. The molecule has 3 heteroatoms. The molecule has 0 unspecified atom stereocenters. The lowest BCUT2D eigenvalue weighted by Crippen LogP contribution is -2.36. The first-order chi connectivity index (χ1) is 8.83. The molecule has 0 aliphatic heterocycles. The van der Waals surface area contributed by atoms with Crippen LogP contribution < -0.4 is 5.73 Å². The monoisotopic (exact) mass is 268 g/mol. The van der Waals surface area contributed by atoms with E-state index in [0.29, 0.717) is 11.3 Å². The molecule has 1 aliphatic carbocycles. The van der Waals surface area contributed by atoms with E-state index < -0.39 is 0 Å². The van der Waals surface area contributed by atoms with Crippen molar-refractivity contribution < 1.29 is 4.79 Å². The van der Waals surface area contributed by atoms with Gasteiger partial charge >= 0.3 is 0 Å². The first-order valence-corrected chi connectivity index (χ1v) is 7.78. The quantitative estimate of drug-likeness (QED) is 0.833. The Morgan fingerprint density at radius 3 is 2.26 bits per heavy atom. The number of nitrogens with zero attached hydrogens (tertiary/aromatic N) is 1. The fourth-order valence-corrected chi connectivity index (χ4v) is 2.86. The highest BCUT2D eigenvalue weighted by molar-refractivity contribution is 5.78. The highest BCUT2D eigenvalue weighted by Gasteiger charge is 2.28. The van der Waals surface area contributed by atoms with E-state index in [0.717, 1.165) is 44.7 Å². The number of hydrogen-bond donors (Lipinski definition) is 1. The van der Waals surface area contributed by atoms with Gasteiger partial charge in [0.15, 0.2) is 0 Å². The maximum Gasteiger partial charge on any atom is 0.225 e. The van der Waals surface area contributed by atoms with Gasteiger partial charge in [-0.2, -0.15) is 0 Å². The van der Waals surface area contributed by atoms with Gasteiger partial charge < -0.3 is 10.6 Å². The van der Waals surface area contributed by atoms with Crippen LogP contribution in [0.1, 0.15) is 59.3 Å². The van der Waals surface area contributed by atoms with Crippen LogP contribution in [-0.4, -0.2) is 30.9 Å². The van der Waals surface area contributed by atoms with Crippen LogP contribution in [0.4, 0.5) is 0 Å². The first-order valence-electron chi connectivity index (χ1n) is 7.78. The van der Waals surface area contributed by atoms with Crippen molar-refractivity contribution in [3.8, 4) is 0 Å². The van der Waals surface area contributed by atoms with Crippen LogP contribution in [0.25, 0.3) is 0 Å². The van der Waals surface area contributed by atoms with Crippen LogP contribution in [-0.2, 0) is 4.79 Å². The average Bonchev–Trinajstić information content (AvgIpc) is 2.35. The Kier molecular flexibility index (Phi) is 6.31. The molecule has 0 bridgehead atoms. The van der Waals surface area contributed by atoms with Crippen molar-refractivity contribution in [1.29, 1.82) is 0 Å². The maximum atomic E-state index is 12.4. The van der Waals surface area contributed by atoms with E-state index in [9.17, 15) is 4.79 Å².